The predicted molar refractivity (Wildman–Crippen MR) is 215 cm³/mol. The molecule has 0 N–H and O–H groups in total. The zero-order valence-electron chi connectivity index (χ0n) is 30.0. The van der Waals surface area contributed by atoms with Crippen LogP contribution < -0.4 is 14.5 Å². The maximum Gasteiger partial charge on any atom is 0.118 e. The van der Waals surface area contributed by atoms with Crippen LogP contribution in [0.2, 0.25) is 0 Å². The van der Waals surface area contributed by atoms with Gasteiger partial charge in [0.2, 0.25) is 0 Å². The first-order valence-corrected chi connectivity index (χ1v) is 17.6. The molecule has 3 nitrogen and oxygen atoms in total. The first kappa shape index (κ1) is 33.4. The van der Waals surface area contributed by atoms with Gasteiger partial charge in [-0.25, -0.2) is 0 Å². The van der Waals surface area contributed by atoms with Gasteiger partial charge in [0.1, 0.15) is 5.75 Å². The second-order valence-corrected chi connectivity index (χ2v) is 13.4. The SMILES string of the molecule is COc1ccc(C(c2ccc(N(c3ccc(C)cc3)c3ccc(C)cc3)cc2)c2ccc(N(c3ccc(C)cc3)c3ccc(C)cc3)cc2)cc1. The van der Waals surface area contributed by atoms with E-state index in [-0.39, 0.29) is 5.92 Å². The molecule has 0 bridgehead atoms. The highest BCUT2D eigenvalue weighted by molar-refractivity contribution is 5.78. The van der Waals surface area contributed by atoms with E-state index >= 15 is 0 Å². The number of benzene rings is 7. The van der Waals surface area contributed by atoms with Gasteiger partial charge in [0.15, 0.2) is 0 Å². The van der Waals surface area contributed by atoms with Gasteiger partial charge in [-0.1, -0.05) is 107 Å². The van der Waals surface area contributed by atoms with E-state index in [4.69, 9.17) is 4.74 Å². The first-order valence-electron chi connectivity index (χ1n) is 17.6. The molecule has 0 unspecified atom stereocenters. The molecule has 3 heteroatoms. The molecule has 0 aliphatic rings. The molecule has 0 heterocycles. The molecule has 0 saturated heterocycles. The Morgan fingerprint density at radius 2 is 0.529 bits per heavy atom. The molecule has 7 aromatic rings. The fourth-order valence-electron chi connectivity index (χ4n) is 6.68. The molecule has 0 aromatic heterocycles. The lowest BCUT2D eigenvalue weighted by Gasteiger charge is -2.27. The van der Waals surface area contributed by atoms with Crippen molar-refractivity contribution in [2.45, 2.75) is 33.6 Å². The Bertz CT molecular complexity index is 1940. The van der Waals surface area contributed by atoms with E-state index in [0.29, 0.717) is 0 Å². The monoisotopic (exact) mass is 664 g/mol. The number of aryl methyl sites for hydroxylation is 4. The molecule has 0 amide bonds. The largest absolute Gasteiger partial charge is 0.497 e. The molecule has 51 heavy (non-hydrogen) atoms. The molecular formula is C48H44N2O. The molecule has 7 aromatic carbocycles. The van der Waals surface area contributed by atoms with E-state index in [1.807, 2.05) is 0 Å². The summed E-state index contributed by atoms with van der Waals surface area (Å²) in [5.41, 5.74) is 15.4. The number of hydrogen-bond acceptors (Lipinski definition) is 3. The minimum Gasteiger partial charge on any atom is -0.497 e. The lowest BCUT2D eigenvalue weighted by atomic mass is 9.85. The molecule has 0 aliphatic heterocycles. The van der Waals surface area contributed by atoms with Crippen LogP contribution in [0.25, 0.3) is 0 Å². The molecular weight excluding hydrogens is 621 g/mol. The summed E-state index contributed by atoms with van der Waals surface area (Å²) >= 11 is 0. The zero-order valence-corrected chi connectivity index (χ0v) is 30.0. The minimum absolute atomic E-state index is 0.0263. The highest BCUT2D eigenvalue weighted by Gasteiger charge is 2.20. The molecule has 0 aliphatic carbocycles. The number of nitrogens with zero attached hydrogens (tertiary/aromatic N) is 2. The molecule has 0 spiro atoms. The number of anilines is 6. The maximum absolute atomic E-state index is 5.53. The highest BCUT2D eigenvalue weighted by atomic mass is 16.5. The summed E-state index contributed by atoms with van der Waals surface area (Å²) in [6.07, 6.45) is 0. The van der Waals surface area contributed by atoms with Gasteiger partial charge >= 0.3 is 0 Å². The summed E-state index contributed by atoms with van der Waals surface area (Å²) in [5.74, 6) is 0.875. The van der Waals surface area contributed by atoms with Crippen LogP contribution in [0.5, 0.6) is 5.75 Å². The van der Waals surface area contributed by atoms with E-state index in [1.165, 1.54) is 38.9 Å². The van der Waals surface area contributed by atoms with Crippen molar-refractivity contribution >= 4 is 34.1 Å². The van der Waals surface area contributed by atoms with Gasteiger partial charge in [0, 0.05) is 40.0 Å². The molecule has 0 radical (unpaired) electrons. The Balaban J connectivity index is 1.28. The Morgan fingerprint density at radius 1 is 0.314 bits per heavy atom. The topological polar surface area (TPSA) is 15.7 Å². The van der Waals surface area contributed by atoms with Crippen molar-refractivity contribution in [2.24, 2.45) is 0 Å². The molecule has 0 fully saturated rings. The number of ether oxygens (including phenoxy) is 1. The number of rotatable bonds is 10. The Hall–Kier alpha value is -6.06. The van der Waals surface area contributed by atoms with Crippen LogP contribution in [0, 0.1) is 27.7 Å². The van der Waals surface area contributed by atoms with Crippen LogP contribution in [-0.2, 0) is 0 Å². The Morgan fingerprint density at radius 3 is 0.765 bits per heavy atom. The van der Waals surface area contributed by atoms with Crippen LogP contribution in [0.3, 0.4) is 0 Å². The van der Waals surface area contributed by atoms with E-state index in [1.54, 1.807) is 7.11 Å². The van der Waals surface area contributed by atoms with E-state index < -0.39 is 0 Å². The second kappa shape index (κ2) is 14.8. The third-order valence-electron chi connectivity index (χ3n) is 9.59. The normalized spacial score (nSPS) is 11.0. The fourth-order valence-corrected chi connectivity index (χ4v) is 6.68. The average molecular weight is 665 g/mol. The summed E-state index contributed by atoms with van der Waals surface area (Å²) in [4.78, 5) is 4.65. The molecule has 252 valence electrons. The van der Waals surface area contributed by atoms with Crippen LogP contribution in [0.1, 0.15) is 44.9 Å². The van der Waals surface area contributed by atoms with Crippen molar-refractivity contribution in [3.05, 3.63) is 209 Å². The van der Waals surface area contributed by atoms with Crippen LogP contribution in [-0.4, -0.2) is 7.11 Å². The van der Waals surface area contributed by atoms with Crippen molar-refractivity contribution in [3.8, 4) is 5.75 Å². The Kier molecular flexibility index (Phi) is 9.72. The summed E-state index contributed by atoms with van der Waals surface area (Å²) in [7, 11) is 1.71. The maximum atomic E-state index is 5.53. The first-order chi connectivity index (χ1) is 24.9. The molecule has 7 rings (SSSR count). The zero-order chi connectivity index (χ0) is 35.3. The Labute approximate surface area is 303 Å². The van der Waals surface area contributed by atoms with Crippen LogP contribution in [0.4, 0.5) is 34.1 Å². The quantitative estimate of drug-likeness (QED) is 0.135. The van der Waals surface area contributed by atoms with Crippen molar-refractivity contribution in [1.82, 2.24) is 0 Å². The highest BCUT2D eigenvalue weighted by Crippen LogP contribution is 2.40. The smallest absolute Gasteiger partial charge is 0.118 e. The van der Waals surface area contributed by atoms with Gasteiger partial charge in [0.25, 0.3) is 0 Å². The van der Waals surface area contributed by atoms with Gasteiger partial charge in [-0.05, 0) is 129 Å². The molecule has 0 saturated carbocycles. The molecule has 0 atom stereocenters. The van der Waals surface area contributed by atoms with Gasteiger partial charge < -0.3 is 14.5 Å². The van der Waals surface area contributed by atoms with Gasteiger partial charge in [-0.3, -0.25) is 0 Å². The lowest BCUT2D eigenvalue weighted by molar-refractivity contribution is 0.414. The summed E-state index contributed by atoms with van der Waals surface area (Å²) < 4.78 is 5.53. The van der Waals surface area contributed by atoms with Gasteiger partial charge in [-0.15, -0.1) is 0 Å². The average Bonchev–Trinajstić information content (AvgIpc) is 3.16. The second-order valence-electron chi connectivity index (χ2n) is 13.4. The third-order valence-corrected chi connectivity index (χ3v) is 9.59. The van der Waals surface area contributed by atoms with E-state index in [0.717, 1.165) is 39.9 Å². The van der Waals surface area contributed by atoms with E-state index in [2.05, 4.69) is 207 Å². The van der Waals surface area contributed by atoms with Crippen molar-refractivity contribution < 1.29 is 4.74 Å². The summed E-state index contributed by atoms with van der Waals surface area (Å²) in [5, 5.41) is 0. The van der Waals surface area contributed by atoms with Crippen LogP contribution >= 0.6 is 0 Å². The predicted octanol–water partition coefficient (Wildman–Crippen LogP) is 13.0. The van der Waals surface area contributed by atoms with E-state index in [9.17, 15) is 0 Å². The van der Waals surface area contributed by atoms with Crippen molar-refractivity contribution in [3.63, 3.8) is 0 Å². The van der Waals surface area contributed by atoms with Crippen molar-refractivity contribution in [1.29, 1.82) is 0 Å². The van der Waals surface area contributed by atoms with Gasteiger partial charge in [0.05, 0.1) is 7.11 Å². The standard InChI is InChI=1S/C48H44N2O/c1-34-6-20-41(21-7-34)49(42-22-8-35(2)9-23-42)45-28-14-38(15-29-45)48(40-18-32-47(51-5)33-19-40)39-16-30-46(31-17-39)50(43-24-10-36(3)11-25-43)44-26-12-37(4)13-27-44/h6-33,48H,1-5H3. The third kappa shape index (κ3) is 7.44. The minimum atomic E-state index is 0.0263. The number of methoxy groups -OCH3 is 1. The lowest BCUT2D eigenvalue weighted by Crippen LogP contribution is -2.11. The van der Waals surface area contributed by atoms with Crippen molar-refractivity contribution in [2.75, 3.05) is 16.9 Å². The van der Waals surface area contributed by atoms with Crippen LogP contribution in [0.15, 0.2) is 170 Å². The number of hydrogen-bond donors (Lipinski definition) is 0. The summed E-state index contributed by atoms with van der Waals surface area (Å²) in [6, 6.07) is 61.5. The summed E-state index contributed by atoms with van der Waals surface area (Å²) in [6.45, 7) is 8.51. The van der Waals surface area contributed by atoms with Gasteiger partial charge in [-0.2, -0.15) is 0 Å². The fraction of sp³-hybridized carbons (Fsp3) is 0.125.